The van der Waals surface area contributed by atoms with Crippen LogP contribution < -0.4 is 4.74 Å². The van der Waals surface area contributed by atoms with Crippen LogP contribution in [0.4, 0.5) is 13.2 Å². The number of carbonyl (C=O) groups is 1. The summed E-state index contributed by atoms with van der Waals surface area (Å²) in [5.74, 6) is -2.94. The molecule has 0 fully saturated rings. The van der Waals surface area contributed by atoms with Crippen LogP contribution in [0.5, 0.6) is 5.75 Å². The number of rotatable bonds is 4. The molecule has 20 heavy (non-hydrogen) atoms. The molecule has 1 heterocycles. The van der Waals surface area contributed by atoms with Gasteiger partial charge in [-0.2, -0.15) is 0 Å². The summed E-state index contributed by atoms with van der Waals surface area (Å²) in [6.45, 7) is 1.91. The zero-order valence-corrected chi connectivity index (χ0v) is 10.5. The first-order chi connectivity index (χ1) is 9.56. The highest BCUT2D eigenvalue weighted by molar-refractivity contribution is 5.74. The highest BCUT2D eigenvalue weighted by Crippen LogP contribution is 2.30. The summed E-state index contributed by atoms with van der Waals surface area (Å²) in [4.78, 5) is 14.2. The molecule has 3 nitrogen and oxygen atoms in total. The molecular formula is C14H10F3NO2. The molecule has 0 radical (unpaired) electrons. The van der Waals surface area contributed by atoms with Crippen molar-refractivity contribution in [2.24, 2.45) is 0 Å². The van der Waals surface area contributed by atoms with Crippen molar-refractivity contribution in [1.29, 1.82) is 0 Å². The van der Waals surface area contributed by atoms with E-state index < -0.39 is 28.7 Å². The number of aromatic nitrogens is 1. The van der Waals surface area contributed by atoms with Crippen LogP contribution in [0, 0.1) is 17.5 Å². The second-order valence-corrected chi connectivity index (χ2v) is 3.88. The van der Waals surface area contributed by atoms with Crippen LogP contribution >= 0.6 is 0 Å². The molecule has 0 spiro atoms. The lowest BCUT2D eigenvalue weighted by molar-refractivity contribution is 0.111. The average Bonchev–Trinajstić information content (AvgIpc) is 2.40. The largest absolute Gasteiger partial charge is 0.494 e. The van der Waals surface area contributed by atoms with Gasteiger partial charge in [-0.1, -0.05) is 0 Å². The first-order valence-corrected chi connectivity index (χ1v) is 5.80. The number of hydrogen-bond donors (Lipinski definition) is 0. The van der Waals surface area contributed by atoms with E-state index in [1.807, 2.05) is 0 Å². The third kappa shape index (κ3) is 2.64. The fraction of sp³-hybridized carbons (Fsp3) is 0.143. The van der Waals surface area contributed by atoms with Crippen molar-refractivity contribution in [3.05, 3.63) is 47.4 Å². The van der Waals surface area contributed by atoms with Crippen molar-refractivity contribution in [2.45, 2.75) is 6.92 Å². The normalized spacial score (nSPS) is 10.4. The molecule has 0 aliphatic rings. The van der Waals surface area contributed by atoms with Crippen LogP contribution in [0.3, 0.4) is 0 Å². The smallest absolute Gasteiger partial charge is 0.168 e. The Morgan fingerprint density at radius 2 is 1.80 bits per heavy atom. The van der Waals surface area contributed by atoms with Gasteiger partial charge < -0.3 is 4.74 Å². The average molecular weight is 281 g/mol. The summed E-state index contributed by atoms with van der Waals surface area (Å²) >= 11 is 0. The molecule has 0 N–H and O–H groups in total. The molecule has 2 rings (SSSR count). The summed E-state index contributed by atoms with van der Waals surface area (Å²) in [6.07, 6.45) is 0.368. The van der Waals surface area contributed by atoms with Crippen LogP contribution in [0.2, 0.25) is 0 Å². The Morgan fingerprint density at radius 1 is 1.15 bits per heavy atom. The molecule has 2 aromatic rings. The number of nitrogens with zero attached hydrogens (tertiary/aromatic N) is 1. The number of benzene rings is 1. The quantitative estimate of drug-likeness (QED) is 0.806. The van der Waals surface area contributed by atoms with E-state index in [0.717, 1.165) is 24.3 Å². The monoisotopic (exact) mass is 281 g/mol. The van der Waals surface area contributed by atoms with Gasteiger partial charge in [0.2, 0.25) is 0 Å². The number of ether oxygens (including phenoxy) is 1. The minimum absolute atomic E-state index is 0.00167. The molecule has 6 heteroatoms. The van der Waals surface area contributed by atoms with Gasteiger partial charge >= 0.3 is 0 Å². The zero-order valence-electron chi connectivity index (χ0n) is 10.5. The van der Waals surface area contributed by atoms with Crippen molar-refractivity contribution in [2.75, 3.05) is 6.61 Å². The van der Waals surface area contributed by atoms with E-state index in [1.165, 1.54) is 0 Å². The van der Waals surface area contributed by atoms with Crippen LogP contribution in [0.25, 0.3) is 11.3 Å². The topological polar surface area (TPSA) is 39.2 Å². The molecule has 0 amide bonds. The Labute approximate surface area is 113 Å². The lowest BCUT2D eigenvalue weighted by Crippen LogP contribution is -2.01. The Hall–Kier alpha value is -2.37. The lowest BCUT2D eigenvalue weighted by atomic mass is 10.1. The van der Waals surface area contributed by atoms with Gasteiger partial charge in [-0.25, -0.2) is 18.2 Å². The van der Waals surface area contributed by atoms with Crippen molar-refractivity contribution < 1.29 is 22.7 Å². The lowest BCUT2D eigenvalue weighted by Gasteiger charge is -2.09. The molecule has 104 valence electrons. The van der Waals surface area contributed by atoms with Gasteiger partial charge in [-0.15, -0.1) is 0 Å². The van der Waals surface area contributed by atoms with Crippen molar-refractivity contribution >= 4 is 6.29 Å². The number of aldehydes is 1. The van der Waals surface area contributed by atoms with Crippen LogP contribution in [0.1, 0.15) is 17.4 Å². The van der Waals surface area contributed by atoms with Gasteiger partial charge in [-0.3, -0.25) is 4.79 Å². The van der Waals surface area contributed by atoms with Crippen LogP contribution in [-0.2, 0) is 0 Å². The summed E-state index contributed by atoms with van der Waals surface area (Å²) in [6, 6.07) is 3.94. The van der Waals surface area contributed by atoms with Crippen molar-refractivity contribution in [3.8, 4) is 17.0 Å². The van der Waals surface area contributed by atoms with E-state index in [-0.39, 0.29) is 18.1 Å². The molecule has 1 aromatic heterocycles. The van der Waals surface area contributed by atoms with E-state index in [1.54, 1.807) is 6.92 Å². The molecule has 0 unspecified atom stereocenters. The van der Waals surface area contributed by atoms with E-state index in [4.69, 9.17) is 4.74 Å². The van der Waals surface area contributed by atoms with Gasteiger partial charge in [0, 0.05) is 12.1 Å². The molecule has 1 aromatic carbocycles. The van der Waals surface area contributed by atoms with Crippen molar-refractivity contribution in [3.63, 3.8) is 0 Å². The Morgan fingerprint density at radius 3 is 2.35 bits per heavy atom. The maximum Gasteiger partial charge on any atom is 0.168 e. The predicted octanol–water partition coefficient (Wildman–Crippen LogP) is 3.38. The molecule has 0 aliphatic heterocycles. The number of halogens is 3. The molecular weight excluding hydrogens is 271 g/mol. The molecule has 0 saturated heterocycles. The van der Waals surface area contributed by atoms with E-state index in [2.05, 4.69) is 4.98 Å². The van der Waals surface area contributed by atoms with Gasteiger partial charge in [0.1, 0.15) is 34.6 Å². The molecule has 0 atom stereocenters. The van der Waals surface area contributed by atoms with Gasteiger partial charge in [0.15, 0.2) is 6.29 Å². The third-order valence-corrected chi connectivity index (χ3v) is 2.55. The van der Waals surface area contributed by atoms with E-state index in [0.29, 0.717) is 6.29 Å². The molecule has 0 saturated carbocycles. The Bertz CT molecular complexity index is 636. The summed E-state index contributed by atoms with van der Waals surface area (Å²) < 4.78 is 46.5. The maximum absolute atomic E-state index is 13.9. The number of carbonyl (C=O) groups excluding carboxylic acids is 1. The van der Waals surface area contributed by atoms with E-state index in [9.17, 15) is 18.0 Å². The predicted molar refractivity (Wildman–Crippen MR) is 66.1 cm³/mol. The fourth-order valence-electron chi connectivity index (χ4n) is 1.72. The number of hydrogen-bond acceptors (Lipinski definition) is 3. The molecule has 0 aliphatic carbocycles. The SMILES string of the molecule is CCOc1cc(F)c(-c2nc(C=O)ccc2F)c(F)c1. The second kappa shape index (κ2) is 5.73. The van der Waals surface area contributed by atoms with Gasteiger partial charge in [0.25, 0.3) is 0 Å². The number of pyridine rings is 1. The maximum atomic E-state index is 13.9. The first-order valence-electron chi connectivity index (χ1n) is 5.80. The Balaban J connectivity index is 2.60. The molecule has 0 bridgehead atoms. The van der Waals surface area contributed by atoms with E-state index >= 15 is 0 Å². The summed E-state index contributed by atoms with van der Waals surface area (Å²) in [5.41, 5.74) is -1.30. The van der Waals surface area contributed by atoms with Gasteiger partial charge in [0.05, 0.1) is 12.2 Å². The summed E-state index contributed by atoms with van der Waals surface area (Å²) in [5, 5.41) is 0. The van der Waals surface area contributed by atoms with Crippen molar-refractivity contribution in [1.82, 2.24) is 4.98 Å². The zero-order chi connectivity index (χ0) is 14.7. The fourth-order valence-corrected chi connectivity index (χ4v) is 1.72. The highest BCUT2D eigenvalue weighted by Gasteiger charge is 2.19. The van der Waals surface area contributed by atoms with Gasteiger partial charge in [-0.05, 0) is 19.1 Å². The first kappa shape index (κ1) is 14.0. The third-order valence-electron chi connectivity index (χ3n) is 2.55. The van der Waals surface area contributed by atoms with Crippen LogP contribution in [0.15, 0.2) is 24.3 Å². The Kier molecular flexibility index (Phi) is 4.02. The standard InChI is InChI=1S/C14H10F3NO2/c1-2-20-9-5-11(16)13(12(17)6-9)14-10(15)4-3-8(7-19)18-14/h3-7H,2H2,1H3. The van der Waals surface area contributed by atoms with Crippen LogP contribution in [-0.4, -0.2) is 17.9 Å². The second-order valence-electron chi connectivity index (χ2n) is 3.88. The highest BCUT2D eigenvalue weighted by atomic mass is 19.1. The minimum atomic E-state index is -1.01. The minimum Gasteiger partial charge on any atom is -0.494 e. The summed E-state index contributed by atoms with van der Waals surface area (Å²) in [7, 11) is 0.